The summed E-state index contributed by atoms with van der Waals surface area (Å²) < 4.78 is 25.8. The van der Waals surface area contributed by atoms with Crippen molar-refractivity contribution in [3.05, 3.63) is 76.8 Å². The van der Waals surface area contributed by atoms with Gasteiger partial charge in [0.15, 0.2) is 0 Å². The van der Waals surface area contributed by atoms with Gasteiger partial charge in [0.05, 0.1) is 18.2 Å². The van der Waals surface area contributed by atoms with E-state index in [4.69, 9.17) is 16.4 Å². The Morgan fingerprint density at radius 1 is 1.10 bits per heavy atom. The largest absolute Gasteiger partial charge is 0.345 e. The second kappa shape index (κ2) is 8.51. The van der Waals surface area contributed by atoms with Crippen molar-refractivity contribution in [2.45, 2.75) is 17.9 Å². The highest BCUT2D eigenvalue weighted by Gasteiger charge is 2.25. The van der Waals surface area contributed by atoms with Gasteiger partial charge in [0, 0.05) is 12.6 Å². The van der Waals surface area contributed by atoms with Crippen LogP contribution in [0, 0.1) is 0 Å². The van der Waals surface area contributed by atoms with Gasteiger partial charge in [-0.25, -0.2) is 8.42 Å². The van der Waals surface area contributed by atoms with Crippen molar-refractivity contribution in [1.82, 2.24) is 9.79 Å². The van der Waals surface area contributed by atoms with Crippen molar-refractivity contribution in [3.63, 3.8) is 0 Å². The van der Waals surface area contributed by atoms with E-state index in [1.807, 2.05) is 49.4 Å². The summed E-state index contributed by atoms with van der Waals surface area (Å²) >= 11 is 6.06. The molecular formula is C21H21ClN2O4S. The van der Waals surface area contributed by atoms with Gasteiger partial charge in [-0.15, -0.1) is 0 Å². The minimum atomic E-state index is -3.99. The average Bonchev–Trinajstić information content (AvgIpc) is 2.72. The lowest BCUT2D eigenvalue weighted by molar-refractivity contribution is -0.0258. The van der Waals surface area contributed by atoms with Crippen LogP contribution in [-0.2, 0) is 14.9 Å². The predicted molar refractivity (Wildman–Crippen MR) is 113 cm³/mol. The van der Waals surface area contributed by atoms with Crippen LogP contribution in [0.25, 0.3) is 10.8 Å². The third-order valence-electron chi connectivity index (χ3n) is 4.70. The molecule has 0 saturated carbocycles. The van der Waals surface area contributed by atoms with Crippen molar-refractivity contribution < 1.29 is 18.0 Å². The Morgan fingerprint density at radius 3 is 2.52 bits per heavy atom. The fourth-order valence-electron chi connectivity index (χ4n) is 3.06. The lowest BCUT2D eigenvalue weighted by Gasteiger charge is -2.18. The van der Waals surface area contributed by atoms with E-state index in [9.17, 15) is 13.2 Å². The summed E-state index contributed by atoms with van der Waals surface area (Å²) in [5.41, 5.74) is 1.15. The molecule has 0 aliphatic carbocycles. The zero-order chi connectivity index (χ0) is 21.2. The second-order valence-electron chi connectivity index (χ2n) is 6.51. The summed E-state index contributed by atoms with van der Waals surface area (Å²) in [6.07, 6.45) is 0. The van der Waals surface area contributed by atoms with Crippen LogP contribution in [0.5, 0.6) is 0 Å². The van der Waals surface area contributed by atoms with Gasteiger partial charge in [-0.1, -0.05) is 58.5 Å². The first-order chi connectivity index (χ1) is 13.8. The number of sulfonamides is 1. The molecule has 0 aromatic heterocycles. The molecule has 152 valence electrons. The molecule has 1 unspecified atom stereocenters. The zero-order valence-electron chi connectivity index (χ0n) is 16.2. The highest BCUT2D eigenvalue weighted by atomic mass is 35.5. The normalized spacial score (nSPS) is 12.9. The SMILES string of the molecule is CON(C)S(=O)(=O)c1cc(C(=O)NC(C)c2cccc3ccccc23)ccc1Cl. The smallest absolute Gasteiger partial charge is 0.266 e. The molecule has 0 aliphatic rings. The Hall–Kier alpha value is -2.45. The lowest BCUT2D eigenvalue weighted by Crippen LogP contribution is -2.28. The molecule has 6 nitrogen and oxygen atoms in total. The predicted octanol–water partition coefficient (Wildman–Crippen LogP) is 4.17. The number of fused-ring (bicyclic) bond motifs is 1. The summed E-state index contributed by atoms with van der Waals surface area (Å²) in [4.78, 5) is 17.4. The van der Waals surface area contributed by atoms with Crippen LogP contribution in [0.15, 0.2) is 65.6 Å². The lowest BCUT2D eigenvalue weighted by atomic mass is 9.99. The van der Waals surface area contributed by atoms with E-state index in [-0.39, 0.29) is 21.5 Å². The monoisotopic (exact) mass is 432 g/mol. The summed E-state index contributed by atoms with van der Waals surface area (Å²) in [5.74, 6) is -0.404. The van der Waals surface area contributed by atoms with Crippen molar-refractivity contribution in [3.8, 4) is 0 Å². The number of nitrogens with one attached hydrogen (secondary N) is 1. The topological polar surface area (TPSA) is 75.7 Å². The third-order valence-corrected chi connectivity index (χ3v) is 6.87. The second-order valence-corrected chi connectivity index (χ2v) is 8.82. The van der Waals surface area contributed by atoms with Gasteiger partial charge in [0.2, 0.25) is 0 Å². The fraction of sp³-hybridized carbons (Fsp3) is 0.190. The number of carbonyl (C=O) groups excluding carboxylic acids is 1. The van der Waals surface area contributed by atoms with E-state index in [0.29, 0.717) is 4.47 Å². The Balaban J connectivity index is 1.90. The Morgan fingerprint density at radius 2 is 1.79 bits per heavy atom. The van der Waals surface area contributed by atoms with Crippen molar-refractivity contribution in [2.75, 3.05) is 14.2 Å². The summed E-state index contributed by atoms with van der Waals surface area (Å²) in [6.45, 7) is 1.88. The standard InChI is InChI=1S/C21H21ClN2O4S/c1-14(17-10-6-8-15-7-4-5-9-18(15)17)23-21(25)16-11-12-19(22)20(13-16)29(26,27)24(2)28-3/h4-14H,1-3H3,(H,23,25). The Labute approximate surface area is 175 Å². The molecule has 1 atom stereocenters. The summed E-state index contributed by atoms with van der Waals surface area (Å²) in [7, 11) is -1.50. The highest BCUT2D eigenvalue weighted by Crippen LogP contribution is 2.27. The number of benzene rings is 3. The molecule has 0 spiro atoms. The molecule has 1 amide bonds. The van der Waals surface area contributed by atoms with Crippen LogP contribution < -0.4 is 5.32 Å². The van der Waals surface area contributed by atoms with E-state index in [1.165, 1.54) is 32.4 Å². The van der Waals surface area contributed by atoms with Crippen molar-refractivity contribution in [1.29, 1.82) is 0 Å². The molecule has 0 saturated heterocycles. The van der Waals surface area contributed by atoms with Crippen LogP contribution >= 0.6 is 11.6 Å². The maximum Gasteiger partial charge on any atom is 0.266 e. The van der Waals surface area contributed by atoms with Crippen LogP contribution in [0.3, 0.4) is 0 Å². The molecule has 1 N–H and O–H groups in total. The quantitative estimate of drug-likeness (QED) is 0.593. The van der Waals surface area contributed by atoms with Gasteiger partial charge in [-0.3, -0.25) is 9.63 Å². The highest BCUT2D eigenvalue weighted by molar-refractivity contribution is 7.89. The maximum atomic E-state index is 12.8. The molecule has 3 rings (SSSR count). The first-order valence-electron chi connectivity index (χ1n) is 8.87. The Kier molecular flexibility index (Phi) is 6.24. The number of amides is 1. The molecule has 0 bridgehead atoms. The van der Waals surface area contributed by atoms with Gasteiger partial charge in [-0.05, 0) is 41.5 Å². The molecule has 0 aliphatic heterocycles. The number of rotatable bonds is 6. The number of nitrogens with zero attached hydrogens (tertiary/aromatic N) is 1. The first kappa shape index (κ1) is 21.3. The van der Waals surface area contributed by atoms with Crippen molar-refractivity contribution in [2.24, 2.45) is 0 Å². The van der Waals surface area contributed by atoms with Gasteiger partial charge >= 0.3 is 0 Å². The molecule has 8 heteroatoms. The number of hydrogen-bond donors (Lipinski definition) is 1. The zero-order valence-corrected chi connectivity index (χ0v) is 17.8. The number of hydroxylamine groups is 1. The first-order valence-corrected chi connectivity index (χ1v) is 10.7. The maximum absolute atomic E-state index is 12.8. The molecule has 0 heterocycles. The molecule has 3 aromatic carbocycles. The van der Waals surface area contributed by atoms with Gasteiger partial charge in [0.25, 0.3) is 15.9 Å². The summed E-state index contributed by atoms with van der Waals surface area (Å²) in [5, 5.41) is 5.05. The number of hydrogen-bond acceptors (Lipinski definition) is 4. The van der Waals surface area contributed by atoms with Crippen LogP contribution in [0.2, 0.25) is 5.02 Å². The molecule has 29 heavy (non-hydrogen) atoms. The molecule has 0 fully saturated rings. The summed E-state index contributed by atoms with van der Waals surface area (Å²) in [6, 6.07) is 17.7. The van der Waals surface area contributed by atoms with Crippen LogP contribution in [0.4, 0.5) is 0 Å². The minimum Gasteiger partial charge on any atom is -0.345 e. The van der Waals surface area contributed by atoms with E-state index >= 15 is 0 Å². The van der Waals surface area contributed by atoms with Crippen LogP contribution in [0.1, 0.15) is 28.9 Å². The number of carbonyl (C=O) groups is 1. The van der Waals surface area contributed by atoms with Crippen molar-refractivity contribution >= 4 is 38.3 Å². The Bertz CT molecular complexity index is 1160. The van der Waals surface area contributed by atoms with E-state index in [2.05, 4.69) is 5.32 Å². The van der Waals surface area contributed by atoms with E-state index < -0.39 is 15.9 Å². The molecule has 0 radical (unpaired) electrons. The van der Waals surface area contributed by atoms with Crippen LogP contribution in [-0.4, -0.2) is 33.0 Å². The third kappa shape index (κ3) is 4.28. The van der Waals surface area contributed by atoms with Gasteiger partial charge < -0.3 is 5.32 Å². The average molecular weight is 433 g/mol. The van der Waals surface area contributed by atoms with Gasteiger partial charge in [-0.2, -0.15) is 0 Å². The molecular weight excluding hydrogens is 412 g/mol. The van der Waals surface area contributed by atoms with Gasteiger partial charge in [0.1, 0.15) is 4.90 Å². The number of halogens is 1. The minimum absolute atomic E-state index is 0.00699. The van der Waals surface area contributed by atoms with E-state index in [0.717, 1.165) is 16.3 Å². The fourth-order valence-corrected chi connectivity index (χ4v) is 4.54. The van der Waals surface area contributed by atoms with E-state index in [1.54, 1.807) is 0 Å². The molecule has 3 aromatic rings.